The molecule has 1 aromatic carbocycles. The minimum atomic E-state index is -0.346. The fourth-order valence-electron chi connectivity index (χ4n) is 2.99. The van der Waals surface area contributed by atoms with Gasteiger partial charge in [-0.25, -0.2) is 4.79 Å². The monoisotopic (exact) mass is 320 g/mol. The van der Waals surface area contributed by atoms with Crippen molar-refractivity contribution in [2.45, 2.75) is 39.2 Å². The summed E-state index contributed by atoms with van der Waals surface area (Å²) in [5, 5.41) is 10.2. The number of hydrogen-bond acceptors (Lipinski definition) is 3. The minimum Gasteiger partial charge on any atom is -0.423 e. The summed E-state index contributed by atoms with van der Waals surface area (Å²) < 4.78 is 7.27. The molecule has 24 heavy (non-hydrogen) atoms. The quantitative estimate of drug-likeness (QED) is 0.488. The Morgan fingerprint density at radius 1 is 1.08 bits per heavy atom. The fourth-order valence-corrected chi connectivity index (χ4v) is 2.99. The van der Waals surface area contributed by atoms with Crippen molar-refractivity contribution in [3.63, 3.8) is 0 Å². The molecule has 2 heterocycles. The van der Waals surface area contributed by atoms with Crippen molar-refractivity contribution in [3.05, 3.63) is 58.6 Å². The van der Waals surface area contributed by atoms with Crippen LogP contribution in [0.3, 0.4) is 0 Å². The van der Waals surface area contributed by atoms with Gasteiger partial charge in [0, 0.05) is 23.7 Å². The predicted octanol–water partition coefficient (Wildman–Crippen LogP) is 4.71. The van der Waals surface area contributed by atoms with Crippen LogP contribution in [-0.4, -0.2) is 4.57 Å². The van der Waals surface area contributed by atoms with E-state index in [1.807, 2.05) is 30.3 Å². The topological polar surface area (TPSA) is 58.9 Å². The van der Waals surface area contributed by atoms with Crippen molar-refractivity contribution in [2.75, 3.05) is 0 Å². The van der Waals surface area contributed by atoms with E-state index in [9.17, 15) is 10.1 Å². The van der Waals surface area contributed by atoms with Crippen LogP contribution in [-0.2, 0) is 6.54 Å². The van der Waals surface area contributed by atoms with Gasteiger partial charge >= 0.3 is 5.63 Å². The zero-order chi connectivity index (χ0) is 16.9. The van der Waals surface area contributed by atoms with Gasteiger partial charge in [-0.2, -0.15) is 5.26 Å². The molecule has 122 valence electrons. The molecule has 0 atom stereocenters. The van der Waals surface area contributed by atoms with E-state index in [1.165, 1.54) is 25.3 Å². The summed E-state index contributed by atoms with van der Waals surface area (Å²) in [6.45, 7) is 3.03. The Labute approximate surface area is 141 Å². The SMILES string of the molecule is CCCCCCn1c(C#N)ccc1-c1ccc2oc(=O)ccc2c1. The summed E-state index contributed by atoms with van der Waals surface area (Å²) in [5.74, 6) is 0. The van der Waals surface area contributed by atoms with Gasteiger partial charge < -0.3 is 8.98 Å². The van der Waals surface area contributed by atoms with E-state index < -0.39 is 0 Å². The molecule has 2 aromatic heterocycles. The zero-order valence-corrected chi connectivity index (χ0v) is 13.8. The maximum Gasteiger partial charge on any atom is 0.336 e. The van der Waals surface area contributed by atoms with Crippen LogP contribution in [0.2, 0.25) is 0 Å². The van der Waals surface area contributed by atoms with Crippen LogP contribution in [0, 0.1) is 11.3 Å². The summed E-state index contributed by atoms with van der Waals surface area (Å²) in [6.07, 6.45) is 4.64. The van der Waals surface area contributed by atoms with E-state index in [1.54, 1.807) is 6.07 Å². The molecule has 0 unspecified atom stereocenters. The molecule has 0 N–H and O–H groups in total. The molecule has 0 amide bonds. The third-order valence-electron chi connectivity index (χ3n) is 4.25. The lowest BCUT2D eigenvalue weighted by Crippen LogP contribution is -2.03. The molecule has 3 rings (SSSR count). The molecule has 0 aliphatic rings. The Kier molecular flexibility index (Phi) is 4.81. The number of rotatable bonds is 6. The highest BCUT2D eigenvalue weighted by molar-refractivity contribution is 5.82. The van der Waals surface area contributed by atoms with Crippen LogP contribution in [0.1, 0.15) is 38.3 Å². The van der Waals surface area contributed by atoms with Gasteiger partial charge in [-0.05, 0) is 48.4 Å². The molecule has 4 nitrogen and oxygen atoms in total. The second-order valence-corrected chi connectivity index (χ2v) is 5.93. The van der Waals surface area contributed by atoms with E-state index in [4.69, 9.17) is 4.42 Å². The highest BCUT2D eigenvalue weighted by Gasteiger charge is 2.10. The van der Waals surface area contributed by atoms with Crippen LogP contribution < -0.4 is 5.63 Å². The number of unbranched alkanes of at least 4 members (excludes halogenated alkanes) is 3. The molecule has 0 bridgehead atoms. The lowest BCUT2D eigenvalue weighted by molar-refractivity contribution is 0.561. The zero-order valence-electron chi connectivity index (χ0n) is 13.8. The summed E-state index contributed by atoms with van der Waals surface area (Å²) in [7, 11) is 0. The van der Waals surface area contributed by atoms with Crippen LogP contribution in [0.4, 0.5) is 0 Å². The van der Waals surface area contributed by atoms with Gasteiger partial charge in [0.1, 0.15) is 17.3 Å². The van der Waals surface area contributed by atoms with E-state index >= 15 is 0 Å². The van der Waals surface area contributed by atoms with Crippen molar-refractivity contribution in [1.29, 1.82) is 5.26 Å². The first kappa shape index (κ1) is 16.1. The first-order chi connectivity index (χ1) is 11.7. The summed E-state index contributed by atoms with van der Waals surface area (Å²) in [5.41, 5.74) is 2.96. The Bertz CT molecular complexity index is 944. The molecular formula is C20H20N2O2. The van der Waals surface area contributed by atoms with E-state index in [-0.39, 0.29) is 5.63 Å². The highest BCUT2D eigenvalue weighted by Crippen LogP contribution is 2.26. The number of benzene rings is 1. The van der Waals surface area contributed by atoms with Crippen LogP contribution >= 0.6 is 0 Å². The third-order valence-corrected chi connectivity index (χ3v) is 4.25. The minimum absolute atomic E-state index is 0.346. The van der Waals surface area contributed by atoms with E-state index in [0.29, 0.717) is 11.3 Å². The average Bonchev–Trinajstić information content (AvgIpc) is 3.01. The van der Waals surface area contributed by atoms with Gasteiger partial charge in [0.2, 0.25) is 0 Å². The summed E-state index contributed by atoms with van der Waals surface area (Å²) >= 11 is 0. The number of hydrogen-bond donors (Lipinski definition) is 0. The van der Waals surface area contributed by atoms with Crippen molar-refractivity contribution in [3.8, 4) is 17.3 Å². The molecule has 0 saturated heterocycles. The first-order valence-electron chi connectivity index (χ1n) is 8.37. The molecule has 0 spiro atoms. The standard InChI is InChI=1S/C20H20N2O2/c1-2-3-4-5-12-22-17(14-21)8-9-18(22)15-6-10-19-16(13-15)7-11-20(23)24-19/h6-11,13H,2-5,12H2,1H3. The van der Waals surface area contributed by atoms with Crippen LogP contribution in [0.5, 0.6) is 0 Å². The summed E-state index contributed by atoms with van der Waals surface area (Å²) in [4.78, 5) is 11.3. The second-order valence-electron chi connectivity index (χ2n) is 5.93. The molecule has 0 aliphatic heterocycles. The Morgan fingerprint density at radius 3 is 2.75 bits per heavy atom. The fraction of sp³-hybridized carbons (Fsp3) is 0.300. The van der Waals surface area contributed by atoms with Crippen molar-refractivity contribution < 1.29 is 4.42 Å². The number of nitriles is 1. The molecular weight excluding hydrogens is 300 g/mol. The van der Waals surface area contributed by atoms with Crippen molar-refractivity contribution in [1.82, 2.24) is 4.57 Å². The number of fused-ring (bicyclic) bond motifs is 1. The predicted molar refractivity (Wildman–Crippen MR) is 94.8 cm³/mol. The van der Waals surface area contributed by atoms with Gasteiger partial charge in [-0.3, -0.25) is 0 Å². The normalized spacial score (nSPS) is 10.8. The van der Waals surface area contributed by atoms with Gasteiger partial charge in [-0.1, -0.05) is 26.2 Å². The second kappa shape index (κ2) is 7.18. The first-order valence-corrected chi connectivity index (χ1v) is 8.37. The van der Waals surface area contributed by atoms with Gasteiger partial charge in [-0.15, -0.1) is 0 Å². The Hall–Kier alpha value is -2.80. The molecule has 0 radical (unpaired) electrons. The van der Waals surface area contributed by atoms with Gasteiger partial charge in [0.05, 0.1) is 0 Å². The van der Waals surface area contributed by atoms with Gasteiger partial charge in [0.25, 0.3) is 0 Å². The Balaban J connectivity index is 1.96. The third kappa shape index (κ3) is 3.26. The highest BCUT2D eigenvalue weighted by atomic mass is 16.4. The lowest BCUT2D eigenvalue weighted by atomic mass is 10.1. The van der Waals surface area contributed by atoms with E-state index in [2.05, 4.69) is 17.6 Å². The molecule has 0 saturated carbocycles. The van der Waals surface area contributed by atoms with Crippen molar-refractivity contribution >= 4 is 11.0 Å². The van der Waals surface area contributed by atoms with E-state index in [0.717, 1.165) is 29.6 Å². The lowest BCUT2D eigenvalue weighted by Gasteiger charge is -2.11. The Morgan fingerprint density at radius 2 is 1.96 bits per heavy atom. The maximum absolute atomic E-state index is 11.3. The molecule has 0 fully saturated rings. The number of aromatic nitrogens is 1. The average molecular weight is 320 g/mol. The van der Waals surface area contributed by atoms with Crippen LogP contribution in [0.25, 0.3) is 22.2 Å². The smallest absolute Gasteiger partial charge is 0.336 e. The maximum atomic E-state index is 11.3. The van der Waals surface area contributed by atoms with Crippen molar-refractivity contribution in [2.24, 2.45) is 0 Å². The largest absolute Gasteiger partial charge is 0.423 e. The molecule has 4 heteroatoms. The molecule has 3 aromatic rings. The number of nitrogens with zero attached hydrogens (tertiary/aromatic N) is 2. The summed E-state index contributed by atoms with van der Waals surface area (Å²) in [6, 6.07) is 15.1. The van der Waals surface area contributed by atoms with Gasteiger partial charge in [0.15, 0.2) is 0 Å². The molecule has 0 aliphatic carbocycles. The van der Waals surface area contributed by atoms with Crippen LogP contribution in [0.15, 0.2) is 51.7 Å².